The Morgan fingerprint density at radius 1 is 1.24 bits per heavy atom. The summed E-state index contributed by atoms with van der Waals surface area (Å²) in [6.07, 6.45) is -6.65. The monoisotopic (exact) mass is 307 g/mol. The third-order valence-electron chi connectivity index (χ3n) is 3.38. The van der Waals surface area contributed by atoms with E-state index < -0.39 is 24.0 Å². The molecule has 118 valence electrons. The van der Waals surface area contributed by atoms with Crippen molar-refractivity contribution in [3.05, 3.63) is 35.4 Å². The van der Waals surface area contributed by atoms with Crippen molar-refractivity contribution in [1.82, 2.24) is 5.32 Å². The molecule has 3 nitrogen and oxygen atoms in total. The standard InChI is InChI=1S/C14H17F4NO2/c15-12-7-11(8-19-5-6-20)21-13(12)9-1-3-10(4-2-9)14(16,17)18/h1-4,11-13,19-20H,5-8H2/t11?,12-,13+/m1/s1. The van der Waals surface area contributed by atoms with Gasteiger partial charge in [-0.2, -0.15) is 13.2 Å². The van der Waals surface area contributed by atoms with Gasteiger partial charge in [-0.05, 0) is 17.7 Å². The van der Waals surface area contributed by atoms with Crippen LogP contribution in [0, 0.1) is 0 Å². The van der Waals surface area contributed by atoms with E-state index in [0.29, 0.717) is 18.7 Å². The van der Waals surface area contributed by atoms with E-state index in [1.807, 2.05) is 0 Å². The van der Waals surface area contributed by atoms with Gasteiger partial charge in [0.15, 0.2) is 0 Å². The first-order valence-corrected chi connectivity index (χ1v) is 6.70. The van der Waals surface area contributed by atoms with Crippen molar-refractivity contribution in [2.24, 2.45) is 0 Å². The van der Waals surface area contributed by atoms with Crippen molar-refractivity contribution in [2.75, 3.05) is 19.7 Å². The number of nitrogens with one attached hydrogen (secondary N) is 1. The van der Waals surface area contributed by atoms with Crippen LogP contribution in [0.4, 0.5) is 17.6 Å². The smallest absolute Gasteiger partial charge is 0.395 e. The van der Waals surface area contributed by atoms with E-state index in [-0.39, 0.29) is 19.1 Å². The van der Waals surface area contributed by atoms with Crippen molar-refractivity contribution in [3.63, 3.8) is 0 Å². The van der Waals surface area contributed by atoms with Gasteiger partial charge in [0.2, 0.25) is 0 Å². The van der Waals surface area contributed by atoms with Gasteiger partial charge in [-0.3, -0.25) is 0 Å². The van der Waals surface area contributed by atoms with Crippen LogP contribution in [0.25, 0.3) is 0 Å². The average Bonchev–Trinajstić information content (AvgIpc) is 2.79. The van der Waals surface area contributed by atoms with Crippen LogP contribution in [0.3, 0.4) is 0 Å². The zero-order valence-electron chi connectivity index (χ0n) is 11.2. The van der Waals surface area contributed by atoms with Crippen molar-refractivity contribution in [3.8, 4) is 0 Å². The Morgan fingerprint density at radius 3 is 2.48 bits per heavy atom. The summed E-state index contributed by atoms with van der Waals surface area (Å²) in [5, 5.41) is 11.6. The Kier molecular flexibility index (Phi) is 5.18. The summed E-state index contributed by atoms with van der Waals surface area (Å²) >= 11 is 0. The third kappa shape index (κ3) is 4.15. The van der Waals surface area contributed by atoms with Gasteiger partial charge >= 0.3 is 6.18 Å². The number of alkyl halides is 4. The molecule has 1 aliphatic heterocycles. The molecule has 2 N–H and O–H groups in total. The maximum atomic E-state index is 13.9. The fourth-order valence-electron chi connectivity index (χ4n) is 2.35. The summed E-state index contributed by atoms with van der Waals surface area (Å²) in [7, 11) is 0. The predicted molar refractivity (Wildman–Crippen MR) is 68.5 cm³/mol. The molecule has 3 atom stereocenters. The summed E-state index contributed by atoms with van der Waals surface area (Å²) < 4.78 is 56.9. The number of halogens is 4. The quantitative estimate of drug-likeness (QED) is 0.648. The van der Waals surface area contributed by atoms with Crippen LogP contribution in [0.15, 0.2) is 24.3 Å². The number of ether oxygens (including phenoxy) is 1. The number of rotatable bonds is 5. The molecule has 1 heterocycles. The summed E-state index contributed by atoms with van der Waals surface area (Å²) in [6.45, 7) is 0.772. The van der Waals surface area contributed by atoms with Crippen LogP contribution in [0.2, 0.25) is 0 Å². The van der Waals surface area contributed by atoms with Crippen LogP contribution in [-0.2, 0) is 10.9 Å². The first-order chi connectivity index (χ1) is 9.91. The summed E-state index contributed by atoms with van der Waals surface area (Å²) in [6, 6.07) is 4.37. The van der Waals surface area contributed by atoms with E-state index in [1.54, 1.807) is 0 Å². The molecule has 0 bridgehead atoms. The molecule has 1 unspecified atom stereocenters. The highest BCUT2D eigenvalue weighted by atomic mass is 19.4. The van der Waals surface area contributed by atoms with E-state index in [2.05, 4.69) is 5.32 Å². The maximum absolute atomic E-state index is 13.9. The molecule has 21 heavy (non-hydrogen) atoms. The Balaban J connectivity index is 1.98. The molecule has 0 spiro atoms. The lowest BCUT2D eigenvalue weighted by Crippen LogP contribution is -2.28. The highest BCUT2D eigenvalue weighted by Gasteiger charge is 2.37. The van der Waals surface area contributed by atoms with Gasteiger partial charge in [-0.25, -0.2) is 4.39 Å². The first kappa shape index (κ1) is 16.2. The van der Waals surface area contributed by atoms with Gasteiger partial charge in [-0.15, -0.1) is 0 Å². The SMILES string of the molecule is OCCNCC1C[C@@H](F)[C@H](c2ccc(C(F)(F)F)cc2)O1. The third-order valence-corrected chi connectivity index (χ3v) is 3.38. The Hall–Kier alpha value is -1.18. The van der Waals surface area contributed by atoms with E-state index in [1.165, 1.54) is 12.1 Å². The lowest BCUT2D eigenvalue weighted by atomic mass is 10.0. The highest BCUT2D eigenvalue weighted by Crippen LogP contribution is 2.36. The fourth-order valence-corrected chi connectivity index (χ4v) is 2.35. The maximum Gasteiger partial charge on any atom is 0.416 e. The molecular weight excluding hydrogens is 290 g/mol. The Labute approximate surface area is 119 Å². The van der Waals surface area contributed by atoms with Crippen molar-refractivity contribution in [1.29, 1.82) is 0 Å². The predicted octanol–water partition coefficient (Wildman–Crippen LogP) is 2.46. The molecular formula is C14H17F4NO2. The number of hydrogen-bond acceptors (Lipinski definition) is 3. The second-order valence-corrected chi connectivity index (χ2v) is 4.98. The molecule has 0 amide bonds. The Morgan fingerprint density at radius 2 is 1.90 bits per heavy atom. The zero-order valence-corrected chi connectivity index (χ0v) is 11.2. The molecule has 0 saturated carbocycles. The normalized spacial score (nSPS) is 26.2. The summed E-state index contributed by atoms with van der Waals surface area (Å²) in [4.78, 5) is 0. The lowest BCUT2D eigenvalue weighted by molar-refractivity contribution is -0.137. The van der Waals surface area contributed by atoms with Gasteiger partial charge in [0, 0.05) is 19.5 Å². The molecule has 1 aromatic carbocycles. The Bertz CT molecular complexity index is 449. The largest absolute Gasteiger partial charge is 0.416 e. The molecule has 0 radical (unpaired) electrons. The minimum absolute atomic E-state index is 0.0197. The van der Waals surface area contributed by atoms with Gasteiger partial charge in [0.25, 0.3) is 0 Å². The number of benzene rings is 1. The van der Waals surface area contributed by atoms with Gasteiger partial charge in [0.05, 0.1) is 18.3 Å². The zero-order chi connectivity index (χ0) is 15.5. The number of aliphatic hydroxyl groups excluding tert-OH is 1. The van der Waals surface area contributed by atoms with Gasteiger partial charge < -0.3 is 15.2 Å². The molecule has 0 aromatic heterocycles. The summed E-state index contributed by atoms with van der Waals surface area (Å²) in [5.41, 5.74) is -0.360. The van der Waals surface area contributed by atoms with Crippen LogP contribution in [0.5, 0.6) is 0 Å². The molecule has 1 aliphatic rings. The van der Waals surface area contributed by atoms with Gasteiger partial charge in [-0.1, -0.05) is 12.1 Å². The van der Waals surface area contributed by atoms with E-state index in [4.69, 9.17) is 9.84 Å². The minimum atomic E-state index is -4.40. The molecule has 0 aliphatic carbocycles. The topological polar surface area (TPSA) is 41.5 Å². The molecule has 1 saturated heterocycles. The first-order valence-electron chi connectivity index (χ1n) is 6.70. The molecule has 1 fully saturated rings. The molecule has 7 heteroatoms. The number of hydrogen-bond donors (Lipinski definition) is 2. The summed E-state index contributed by atoms with van der Waals surface area (Å²) in [5.74, 6) is 0. The average molecular weight is 307 g/mol. The minimum Gasteiger partial charge on any atom is -0.395 e. The van der Waals surface area contributed by atoms with Crippen LogP contribution >= 0.6 is 0 Å². The van der Waals surface area contributed by atoms with Gasteiger partial charge in [0.1, 0.15) is 12.3 Å². The number of aliphatic hydroxyl groups is 1. The van der Waals surface area contributed by atoms with E-state index >= 15 is 0 Å². The van der Waals surface area contributed by atoms with E-state index in [9.17, 15) is 17.6 Å². The van der Waals surface area contributed by atoms with Crippen molar-refractivity contribution >= 4 is 0 Å². The van der Waals surface area contributed by atoms with Crippen LogP contribution in [0.1, 0.15) is 23.7 Å². The molecule has 2 rings (SSSR count). The fraction of sp³-hybridized carbons (Fsp3) is 0.571. The van der Waals surface area contributed by atoms with Crippen molar-refractivity contribution < 1.29 is 27.4 Å². The molecule has 1 aromatic rings. The second-order valence-electron chi connectivity index (χ2n) is 4.98. The second kappa shape index (κ2) is 6.72. The van der Waals surface area contributed by atoms with Crippen LogP contribution in [-0.4, -0.2) is 37.1 Å². The van der Waals surface area contributed by atoms with E-state index in [0.717, 1.165) is 12.1 Å². The highest BCUT2D eigenvalue weighted by molar-refractivity contribution is 5.27. The van der Waals surface area contributed by atoms with Crippen LogP contribution < -0.4 is 5.32 Å². The van der Waals surface area contributed by atoms with Crippen molar-refractivity contribution in [2.45, 2.75) is 31.0 Å². The lowest BCUT2D eigenvalue weighted by Gasteiger charge is -2.16.